The molecular weight excluding hydrogens is 182 g/mol. The molecule has 4 nitrogen and oxygen atoms in total. The molecule has 0 aliphatic rings. The van der Waals surface area contributed by atoms with E-state index in [0.717, 1.165) is 0 Å². The third-order valence-corrected chi connectivity index (χ3v) is 1.73. The third-order valence-electron chi connectivity index (χ3n) is 1.73. The molecule has 0 aliphatic carbocycles. The molecule has 1 aromatic rings. The monoisotopic (exact) mass is 193 g/mol. The van der Waals surface area contributed by atoms with Crippen molar-refractivity contribution in [1.82, 2.24) is 4.98 Å². The molecule has 0 aromatic carbocycles. The molecule has 4 heteroatoms. The molecule has 0 bridgehead atoms. The summed E-state index contributed by atoms with van der Waals surface area (Å²) in [5, 5.41) is 17.3. The number of carbonyl (C=O) groups is 1. The van der Waals surface area contributed by atoms with Crippen molar-refractivity contribution >= 4 is 12.0 Å². The molecule has 1 aromatic heterocycles. The largest absolute Gasteiger partial charge is 0.478 e. The second kappa shape index (κ2) is 4.53. The van der Waals surface area contributed by atoms with Gasteiger partial charge in [0.25, 0.3) is 0 Å². The highest BCUT2D eigenvalue weighted by molar-refractivity contribution is 5.91. The minimum atomic E-state index is -0.948. The Labute approximate surface area is 81.5 Å². The van der Waals surface area contributed by atoms with Crippen molar-refractivity contribution in [3.63, 3.8) is 0 Å². The molecule has 0 saturated carbocycles. The van der Waals surface area contributed by atoms with Crippen LogP contribution in [-0.4, -0.2) is 21.2 Å². The van der Waals surface area contributed by atoms with Gasteiger partial charge in [-0.2, -0.15) is 0 Å². The van der Waals surface area contributed by atoms with Crippen molar-refractivity contribution in [3.05, 3.63) is 35.2 Å². The fraction of sp³-hybridized carbons (Fsp3) is 0.200. The molecule has 14 heavy (non-hydrogen) atoms. The predicted molar refractivity (Wildman–Crippen MR) is 51.4 cm³/mol. The van der Waals surface area contributed by atoms with E-state index in [9.17, 15) is 4.79 Å². The molecule has 74 valence electrons. The first-order valence-electron chi connectivity index (χ1n) is 4.11. The number of aliphatic hydroxyl groups is 1. The van der Waals surface area contributed by atoms with E-state index in [1.807, 2.05) is 0 Å². The molecule has 2 N–H and O–H groups in total. The normalized spacial score (nSPS) is 11.4. The first-order chi connectivity index (χ1) is 6.63. The number of carboxylic acids is 1. The molecule has 0 amide bonds. The molecule has 1 heterocycles. The Morgan fingerprint density at radius 1 is 1.57 bits per heavy atom. The van der Waals surface area contributed by atoms with E-state index >= 15 is 0 Å². The van der Waals surface area contributed by atoms with Gasteiger partial charge in [-0.25, -0.2) is 4.79 Å². The van der Waals surface area contributed by atoms with Crippen LogP contribution >= 0.6 is 0 Å². The van der Waals surface area contributed by atoms with E-state index in [1.54, 1.807) is 12.1 Å². The van der Waals surface area contributed by atoms with Gasteiger partial charge >= 0.3 is 5.97 Å². The zero-order valence-electron chi connectivity index (χ0n) is 7.77. The van der Waals surface area contributed by atoms with Gasteiger partial charge in [0.1, 0.15) is 0 Å². The van der Waals surface area contributed by atoms with Crippen LogP contribution in [-0.2, 0) is 11.4 Å². The van der Waals surface area contributed by atoms with E-state index in [2.05, 4.69) is 4.98 Å². The second-order valence-corrected chi connectivity index (χ2v) is 2.87. The number of nitrogens with zero attached hydrogens (tertiary/aromatic N) is 1. The Hall–Kier alpha value is -1.68. The summed E-state index contributed by atoms with van der Waals surface area (Å²) in [6, 6.07) is 3.37. The maximum atomic E-state index is 10.5. The van der Waals surface area contributed by atoms with Crippen LogP contribution < -0.4 is 0 Å². The van der Waals surface area contributed by atoms with Crippen molar-refractivity contribution in [2.24, 2.45) is 0 Å². The topological polar surface area (TPSA) is 70.4 Å². The van der Waals surface area contributed by atoms with Gasteiger partial charge in [0.15, 0.2) is 0 Å². The van der Waals surface area contributed by atoms with E-state index in [0.29, 0.717) is 11.3 Å². The first-order valence-corrected chi connectivity index (χ1v) is 4.11. The van der Waals surface area contributed by atoms with E-state index in [-0.39, 0.29) is 12.2 Å². The Kier molecular flexibility index (Phi) is 3.36. The number of hydrogen-bond donors (Lipinski definition) is 2. The second-order valence-electron chi connectivity index (χ2n) is 2.87. The number of aliphatic carboxylic acids is 1. The number of aliphatic hydroxyl groups excluding tert-OH is 1. The van der Waals surface area contributed by atoms with Crippen molar-refractivity contribution in [1.29, 1.82) is 0 Å². The molecule has 0 fully saturated rings. The van der Waals surface area contributed by atoms with Crippen molar-refractivity contribution in [3.8, 4) is 0 Å². The summed E-state index contributed by atoms with van der Waals surface area (Å²) in [6.07, 6.45) is 3.05. The van der Waals surface area contributed by atoms with E-state index in [1.165, 1.54) is 19.2 Å². The van der Waals surface area contributed by atoms with Crippen LogP contribution in [0.5, 0.6) is 0 Å². The van der Waals surface area contributed by atoms with Crippen LogP contribution in [0.3, 0.4) is 0 Å². The number of carboxylic acid groups (broad SMARTS) is 1. The van der Waals surface area contributed by atoms with Gasteiger partial charge in [-0.05, 0) is 24.6 Å². The zero-order chi connectivity index (χ0) is 10.6. The highest BCUT2D eigenvalue weighted by Gasteiger charge is 1.99. The van der Waals surface area contributed by atoms with Gasteiger partial charge in [-0.15, -0.1) is 0 Å². The lowest BCUT2D eigenvalue weighted by Gasteiger charge is -1.97. The molecule has 0 saturated heterocycles. The summed E-state index contributed by atoms with van der Waals surface area (Å²) in [7, 11) is 0. The lowest BCUT2D eigenvalue weighted by atomic mass is 10.2. The predicted octanol–water partition coefficient (Wildman–Crippen LogP) is 1.06. The maximum Gasteiger partial charge on any atom is 0.331 e. The minimum Gasteiger partial charge on any atom is -0.478 e. The minimum absolute atomic E-state index is 0.109. The van der Waals surface area contributed by atoms with Gasteiger partial charge in [0.05, 0.1) is 12.3 Å². The summed E-state index contributed by atoms with van der Waals surface area (Å²) >= 11 is 0. The summed E-state index contributed by atoms with van der Waals surface area (Å²) < 4.78 is 0. The summed E-state index contributed by atoms with van der Waals surface area (Å²) in [5.41, 5.74) is 1.53. The molecule has 0 atom stereocenters. The average Bonchev–Trinajstić information content (AvgIpc) is 2.19. The summed E-state index contributed by atoms with van der Waals surface area (Å²) in [6.45, 7) is 1.41. The standard InChI is InChI=1S/C10H11NO3/c1-7(10(13)14)4-8-2-3-9(6-12)11-5-8/h2-5,12H,6H2,1H3,(H,13,14)/b7-4+. The molecule has 0 unspecified atom stereocenters. The summed E-state index contributed by atoms with van der Waals surface area (Å²) in [4.78, 5) is 14.4. The molecule has 1 rings (SSSR count). The quantitative estimate of drug-likeness (QED) is 0.704. The highest BCUT2D eigenvalue weighted by Crippen LogP contribution is 2.06. The average molecular weight is 193 g/mol. The van der Waals surface area contributed by atoms with E-state index < -0.39 is 5.97 Å². The molecule has 0 aliphatic heterocycles. The van der Waals surface area contributed by atoms with Gasteiger partial charge in [-0.1, -0.05) is 6.07 Å². The van der Waals surface area contributed by atoms with Gasteiger partial charge in [0.2, 0.25) is 0 Å². The molecular formula is C10H11NO3. The van der Waals surface area contributed by atoms with Gasteiger partial charge < -0.3 is 10.2 Å². The van der Waals surface area contributed by atoms with Gasteiger partial charge in [0, 0.05) is 11.8 Å². The number of aromatic nitrogens is 1. The van der Waals surface area contributed by atoms with Crippen LogP contribution in [0.2, 0.25) is 0 Å². The van der Waals surface area contributed by atoms with Crippen LogP contribution in [0.25, 0.3) is 6.08 Å². The van der Waals surface area contributed by atoms with Crippen LogP contribution in [0.4, 0.5) is 0 Å². The summed E-state index contributed by atoms with van der Waals surface area (Å²) in [5.74, 6) is -0.948. The Bertz CT molecular complexity index is 354. The van der Waals surface area contributed by atoms with Crippen LogP contribution in [0, 0.1) is 0 Å². The third kappa shape index (κ3) is 2.67. The fourth-order valence-corrected chi connectivity index (χ4v) is 0.927. The first kappa shape index (κ1) is 10.4. The lowest BCUT2D eigenvalue weighted by molar-refractivity contribution is -0.132. The van der Waals surface area contributed by atoms with E-state index in [4.69, 9.17) is 10.2 Å². The van der Waals surface area contributed by atoms with Crippen LogP contribution in [0.15, 0.2) is 23.9 Å². The number of pyridine rings is 1. The van der Waals surface area contributed by atoms with Crippen molar-refractivity contribution in [2.45, 2.75) is 13.5 Å². The number of hydrogen-bond acceptors (Lipinski definition) is 3. The molecule has 0 spiro atoms. The Balaban J connectivity index is 2.88. The number of rotatable bonds is 3. The zero-order valence-corrected chi connectivity index (χ0v) is 7.77. The Morgan fingerprint density at radius 3 is 2.71 bits per heavy atom. The SMILES string of the molecule is C/C(=C\c1ccc(CO)nc1)C(=O)O. The Morgan fingerprint density at radius 2 is 2.29 bits per heavy atom. The fourth-order valence-electron chi connectivity index (χ4n) is 0.927. The van der Waals surface area contributed by atoms with Crippen molar-refractivity contribution in [2.75, 3.05) is 0 Å². The molecule has 0 radical (unpaired) electrons. The smallest absolute Gasteiger partial charge is 0.331 e. The van der Waals surface area contributed by atoms with Crippen molar-refractivity contribution < 1.29 is 15.0 Å². The highest BCUT2D eigenvalue weighted by atomic mass is 16.4. The maximum absolute atomic E-state index is 10.5. The van der Waals surface area contributed by atoms with Crippen LogP contribution in [0.1, 0.15) is 18.2 Å². The van der Waals surface area contributed by atoms with Gasteiger partial charge in [-0.3, -0.25) is 4.98 Å². The lowest BCUT2D eigenvalue weighted by Crippen LogP contribution is -1.96.